The minimum absolute atomic E-state index is 0.0218. The molecule has 0 saturated heterocycles. The van der Waals surface area contributed by atoms with E-state index in [0.29, 0.717) is 0 Å². The van der Waals surface area contributed by atoms with E-state index in [1.165, 1.54) is 12.1 Å². The second-order valence-corrected chi connectivity index (χ2v) is 6.73. The first-order chi connectivity index (χ1) is 9.63. The molecule has 0 aliphatic carbocycles. The molecule has 1 atom stereocenters. The van der Waals surface area contributed by atoms with Gasteiger partial charge >= 0.3 is 6.18 Å². The summed E-state index contributed by atoms with van der Waals surface area (Å²) in [5, 5.41) is 3.37. The van der Waals surface area contributed by atoms with Gasteiger partial charge in [0.2, 0.25) is 0 Å². The van der Waals surface area contributed by atoms with Crippen LogP contribution in [0.2, 0.25) is 0 Å². The van der Waals surface area contributed by atoms with E-state index in [1.807, 2.05) is 0 Å². The minimum atomic E-state index is -4.28. The number of alkyl halides is 3. The second-order valence-electron chi connectivity index (χ2n) is 6.73. The van der Waals surface area contributed by atoms with Crippen LogP contribution in [0.1, 0.15) is 64.1 Å². The summed E-state index contributed by atoms with van der Waals surface area (Å²) in [4.78, 5) is 0. The van der Waals surface area contributed by atoms with Gasteiger partial charge in [-0.05, 0) is 48.9 Å². The number of hydrogen-bond acceptors (Lipinski definition) is 1. The largest absolute Gasteiger partial charge is 0.416 e. The third kappa shape index (κ3) is 6.51. The second kappa shape index (κ2) is 7.30. The predicted molar refractivity (Wildman–Crippen MR) is 81.2 cm³/mol. The van der Waals surface area contributed by atoms with Crippen molar-refractivity contribution in [3.8, 4) is 0 Å². The Morgan fingerprint density at radius 1 is 1.14 bits per heavy atom. The monoisotopic (exact) mass is 301 g/mol. The van der Waals surface area contributed by atoms with Crippen molar-refractivity contribution >= 4 is 0 Å². The molecular weight excluding hydrogens is 275 g/mol. The molecule has 1 aromatic rings. The molecule has 0 radical (unpaired) electrons. The first kappa shape index (κ1) is 18.0. The van der Waals surface area contributed by atoms with E-state index in [0.717, 1.165) is 37.4 Å². The van der Waals surface area contributed by atoms with Gasteiger partial charge < -0.3 is 5.32 Å². The predicted octanol–water partition coefficient (Wildman–Crippen LogP) is 5.57. The Kier molecular flexibility index (Phi) is 6.26. The molecule has 0 fully saturated rings. The highest BCUT2D eigenvalue weighted by molar-refractivity contribution is 5.28. The van der Waals surface area contributed by atoms with Gasteiger partial charge in [0.15, 0.2) is 0 Å². The van der Waals surface area contributed by atoms with Crippen molar-refractivity contribution < 1.29 is 13.2 Å². The van der Waals surface area contributed by atoms with Crippen LogP contribution in [-0.4, -0.2) is 6.54 Å². The van der Waals surface area contributed by atoms with E-state index in [1.54, 1.807) is 6.07 Å². The molecule has 0 spiro atoms. The Hall–Kier alpha value is -1.03. The van der Waals surface area contributed by atoms with Crippen molar-refractivity contribution in [3.63, 3.8) is 0 Å². The van der Waals surface area contributed by atoms with Gasteiger partial charge in [-0.25, -0.2) is 0 Å². The summed E-state index contributed by atoms with van der Waals surface area (Å²) in [6, 6.07) is 5.66. The summed E-state index contributed by atoms with van der Waals surface area (Å²) < 4.78 is 38.5. The van der Waals surface area contributed by atoms with Gasteiger partial charge in [0.05, 0.1) is 5.56 Å². The maximum atomic E-state index is 12.8. The van der Waals surface area contributed by atoms with Crippen molar-refractivity contribution in [2.75, 3.05) is 6.54 Å². The van der Waals surface area contributed by atoms with Crippen LogP contribution < -0.4 is 5.32 Å². The summed E-state index contributed by atoms with van der Waals surface area (Å²) >= 11 is 0. The maximum absolute atomic E-state index is 12.8. The molecule has 1 nitrogen and oxygen atoms in total. The zero-order chi connectivity index (χ0) is 16.1. The minimum Gasteiger partial charge on any atom is -0.310 e. The Morgan fingerprint density at radius 3 is 2.33 bits per heavy atom. The van der Waals surface area contributed by atoms with Gasteiger partial charge in [0.25, 0.3) is 0 Å². The molecule has 0 aliphatic rings. The molecule has 21 heavy (non-hydrogen) atoms. The Balaban J connectivity index is 2.91. The number of nitrogens with one attached hydrogen (secondary N) is 1. The highest BCUT2D eigenvalue weighted by Crippen LogP contribution is 2.33. The molecule has 0 heterocycles. The molecule has 1 N–H and O–H groups in total. The lowest BCUT2D eigenvalue weighted by atomic mass is 9.87. The number of rotatable bonds is 6. The standard InChI is InChI=1S/C17H26F3N/c1-5-11-21-15(9-10-16(2,3)4)13-7-6-8-14(12-13)17(18,19)20/h6-8,12,15,21H,5,9-11H2,1-4H3. The van der Waals surface area contributed by atoms with Gasteiger partial charge in [0, 0.05) is 6.04 Å². The normalized spacial score (nSPS) is 14.2. The van der Waals surface area contributed by atoms with Gasteiger partial charge in [-0.3, -0.25) is 0 Å². The van der Waals surface area contributed by atoms with Gasteiger partial charge in [-0.15, -0.1) is 0 Å². The van der Waals surface area contributed by atoms with Gasteiger partial charge in [-0.1, -0.05) is 39.8 Å². The van der Waals surface area contributed by atoms with Crippen molar-refractivity contribution in [1.82, 2.24) is 5.32 Å². The van der Waals surface area contributed by atoms with E-state index in [-0.39, 0.29) is 11.5 Å². The molecule has 0 bridgehead atoms. The van der Waals surface area contributed by atoms with Crippen LogP contribution in [0, 0.1) is 5.41 Å². The average Bonchev–Trinajstić information content (AvgIpc) is 2.37. The average molecular weight is 301 g/mol. The summed E-state index contributed by atoms with van der Waals surface area (Å²) in [6.45, 7) is 9.31. The van der Waals surface area contributed by atoms with Crippen LogP contribution in [0.4, 0.5) is 13.2 Å². The first-order valence-corrected chi connectivity index (χ1v) is 7.54. The fraction of sp³-hybridized carbons (Fsp3) is 0.647. The summed E-state index contributed by atoms with van der Waals surface area (Å²) in [5.41, 5.74) is 0.329. The van der Waals surface area contributed by atoms with Crippen molar-refractivity contribution in [3.05, 3.63) is 35.4 Å². The molecule has 1 aromatic carbocycles. The van der Waals surface area contributed by atoms with Gasteiger partial charge in [0.1, 0.15) is 0 Å². The molecular formula is C17H26F3N. The zero-order valence-corrected chi connectivity index (χ0v) is 13.3. The van der Waals surface area contributed by atoms with Crippen LogP contribution in [0.5, 0.6) is 0 Å². The van der Waals surface area contributed by atoms with E-state index < -0.39 is 11.7 Å². The highest BCUT2D eigenvalue weighted by Gasteiger charge is 2.31. The molecule has 120 valence electrons. The first-order valence-electron chi connectivity index (χ1n) is 7.54. The Labute approximate surface area is 125 Å². The van der Waals surface area contributed by atoms with E-state index >= 15 is 0 Å². The van der Waals surface area contributed by atoms with Crippen molar-refractivity contribution in [2.45, 2.75) is 59.2 Å². The molecule has 4 heteroatoms. The number of benzene rings is 1. The van der Waals surface area contributed by atoms with Crippen LogP contribution in [-0.2, 0) is 6.18 Å². The van der Waals surface area contributed by atoms with E-state index in [2.05, 4.69) is 33.0 Å². The third-order valence-corrected chi connectivity index (χ3v) is 3.44. The fourth-order valence-corrected chi connectivity index (χ4v) is 2.21. The summed E-state index contributed by atoms with van der Waals surface area (Å²) in [7, 11) is 0. The van der Waals surface area contributed by atoms with Crippen LogP contribution in [0.3, 0.4) is 0 Å². The Morgan fingerprint density at radius 2 is 1.81 bits per heavy atom. The Bertz CT molecular complexity index is 432. The third-order valence-electron chi connectivity index (χ3n) is 3.44. The van der Waals surface area contributed by atoms with E-state index in [4.69, 9.17) is 0 Å². The zero-order valence-electron chi connectivity index (χ0n) is 13.3. The number of halogens is 3. The molecule has 0 aliphatic heterocycles. The SMILES string of the molecule is CCCNC(CCC(C)(C)C)c1cccc(C(F)(F)F)c1. The summed E-state index contributed by atoms with van der Waals surface area (Å²) in [6.07, 6.45) is -1.52. The topological polar surface area (TPSA) is 12.0 Å². The number of hydrogen-bond donors (Lipinski definition) is 1. The van der Waals surface area contributed by atoms with Crippen molar-refractivity contribution in [1.29, 1.82) is 0 Å². The molecule has 1 unspecified atom stereocenters. The van der Waals surface area contributed by atoms with Crippen LogP contribution in [0.25, 0.3) is 0 Å². The lowest BCUT2D eigenvalue weighted by Gasteiger charge is -2.25. The lowest BCUT2D eigenvalue weighted by molar-refractivity contribution is -0.137. The van der Waals surface area contributed by atoms with Gasteiger partial charge in [-0.2, -0.15) is 13.2 Å². The molecule has 0 aromatic heterocycles. The van der Waals surface area contributed by atoms with Crippen LogP contribution in [0.15, 0.2) is 24.3 Å². The quantitative estimate of drug-likeness (QED) is 0.724. The molecule has 0 amide bonds. The smallest absolute Gasteiger partial charge is 0.310 e. The summed E-state index contributed by atoms with van der Waals surface area (Å²) in [5.74, 6) is 0. The lowest BCUT2D eigenvalue weighted by Crippen LogP contribution is -2.24. The van der Waals surface area contributed by atoms with Crippen molar-refractivity contribution in [2.24, 2.45) is 5.41 Å². The molecule has 0 saturated carbocycles. The highest BCUT2D eigenvalue weighted by atomic mass is 19.4. The van der Waals surface area contributed by atoms with E-state index in [9.17, 15) is 13.2 Å². The van der Waals surface area contributed by atoms with Crippen LogP contribution >= 0.6 is 0 Å². The maximum Gasteiger partial charge on any atom is 0.416 e. The fourth-order valence-electron chi connectivity index (χ4n) is 2.21. The molecule has 1 rings (SSSR count).